The van der Waals surface area contributed by atoms with E-state index in [1.165, 1.54) is 0 Å². The molecular weight excluding hydrogens is 212 g/mol. The highest BCUT2D eigenvalue weighted by atomic mass is 16.2. The highest BCUT2D eigenvalue weighted by Gasteiger charge is 2.23. The van der Waals surface area contributed by atoms with Crippen LogP contribution in [0.3, 0.4) is 0 Å². The first-order valence-electron chi connectivity index (χ1n) is 7.08. The van der Waals surface area contributed by atoms with Gasteiger partial charge in [-0.15, -0.1) is 0 Å². The van der Waals surface area contributed by atoms with Crippen LogP contribution in [0.1, 0.15) is 59.8 Å². The van der Waals surface area contributed by atoms with Gasteiger partial charge < -0.3 is 10.6 Å². The number of amides is 1. The van der Waals surface area contributed by atoms with Gasteiger partial charge in [-0.2, -0.15) is 0 Å². The molecule has 0 aromatic rings. The van der Waals surface area contributed by atoms with Crippen molar-refractivity contribution in [2.75, 3.05) is 13.1 Å². The Kier molecular flexibility index (Phi) is 9.14. The molecule has 0 fully saturated rings. The summed E-state index contributed by atoms with van der Waals surface area (Å²) in [4.78, 5) is 14.4. The van der Waals surface area contributed by atoms with E-state index in [1.807, 2.05) is 4.90 Å². The largest absolute Gasteiger partial charge is 0.340 e. The molecule has 0 bridgehead atoms. The summed E-state index contributed by atoms with van der Waals surface area (Å²) in [5.41, 5.74) is 5.53. The average Bonchev–Trinajstić information content (AvgIpc) is 2.30. The molecule has 0 aromatic heterocycles. The van der Waals surface area contributed by atoms with Crippen molar-refractivity contribution in [3.05, 3.63) is 0 Å². The molecule has 0 aliphatic carbocycles. The molecule has 0 aliphatic rings. The number of hydrogen-bond acceptors (Lipinski definition) is 2. The summed E-state index contributed by atoms with van der Waals surface area (Å²) in [6.45, 7) is 9.91. The standard InChI is InChI=1S/C14H30N2O/c1-5-7-9-13(6-2)14(17)16(12(3)4)11-8-10-15/h12-13H,5-11,15H2,1-4H3. The molecule has 0 radical (unpaired) electrons. The molecule has 2 N–H and O–H groups in total. The van der Waals surface area contributed by atoms with Crippen LogP contribution < -0.4 is 5.73 Å². The quantitative estimate of drug-likeness (QED) is 0.676. The molecule has 0 heterocycles. The molecule has 0 saturated heterocycles. The maximum Gasteiger partial charge on any atom is 0.225 e. The van der Waals surface area contributed by atoms with Gasteiger partial charge in [0.2, 0.25) is 5.91 Å². The van der Waals surface area contributed by atoms with Crippen LogP contribution >= 0.6 is 0 Å². The minimum absolute atomic E-state index is 0.204. The van der Waals surface area contributed by atoms with E-state index in [4.69, 9.17) is 5.73 Å². The van der Waals surface area contributed by atoms with Crippen LogP contribution in [0.4, 0.5) is 0 Å². The van der Waals surface area contributed by atoms with E-state index in [1.54, 1.807) is 0 Å². The smallest absolute Gasteiger partial charge is 0.225 e. The lowest BCUT2D eigenvalue weighted by Gasteiger charge is -2.30. The number of carbonyl (C=O) groups excluding carboxylic acids is 1. The Labute approximate surface area is 107 Å². The fourth-order valence-electron chi connectivity index (χ4n) is 2.07. The van der Waals surface area contributed by atoms with E-state index in [-0.39, 0.29) is 12.0 Å². The molecule has 0 saturated carbocycles. The van der Waals surface area contributed by atoms with Crippen LogP contribution in [0.25, 0.3) is 0 Å². The fourth-order valence-corrected chi connectivity index (χ4v) is 2.07. The van der Waals surface area contributed by atoms with Crippen molar-refractivity contribution in [1.29, 1.82) is 0 Å². The lowest BCUT2D eigenvalue weighted by Crippen LogP contribution is -2.42. The summed E-state index contributed by atoms with van der Waals surface area (Å²) in [5, 5.41) is 0. The first-order chi connectivity index (χ1) is 8.08. The zero-order chi connectivity index (χ0) is 13.3. The van der Waals surface area contributed by atoms with Crippen LogP contribution in [-0.2, 0) is 4.79 Å². The highest BCUT2D eigenvalue weighted by molar-refractivity contribution is 5.79. The summed E-state index contributed by atoms with van der Waals surface area (Å²) >= 11 is 0. The third-order valence-electron chi connectivity index (χ3n) is 3.26. The molecule has 0 spiro atoms. The van der Waals surface area contributed by atoms with Crippen molar-refractivity contribution in [1.82, 2.24) is 4.90 Å². The van der Waals surface area contributed by atoms with Crippen molar-refractivity contribution in [3.63, 3.8) is 0 Å². The Morgan fingerprint density at radius 2 is 1.88 bits per heavy atom. The van der Waals surface area contributed by atoms with Gasteiger partial charge in [0.05, 0.1) is 0 Å². The molecule has 3 nitrogen and oxygen atoms in total. The van der Waals surface area contributed by atoms with E-state index in [0.29, 0.717) is 12.5 Å². The van der Waals surface area contributed by atoms with E-state index in [9.17, 15) is 4.79 Å². The van der Waals surface area contributed by atoms with Crippen LogP contribution in [0.15, 0.2) is 0 Å². The van der Waals surface area contributed by atoms with Crippen molar-refractivity contribution in [3.8, 4) is 0 Å². The van der Waals surface area contributed by atoms with Gasteiger partial charge in [0.25, 0.3) is 0 Å². The zero-order valence-electron chi connectivity index (χ0n) is 12.0. The van der Waals surface area contributed by atoms with Crippen molar-refractivity contribution >= 4 is 5.91 Å². The van der Waals surface area contributed by atoms with Crippen molar-refractivity contribution in [2.45, 2.75) is 65.8 Å². The van der Waals surface area contributed by atoms with Crippen LogP contribution in [0.5, 0.6) is 0 Å². The number of nitrogens with zero attached hydrogens (tertiary/aromatic N) is 1. The van der Waals surface area contributed by atoms with E-state index in [2.05, 4.69) is 27.7 Å². The number of hydrogen-bond donors (Lipinski definition) is 1. The Balaban J connectivity index is 4.44. The maximum absolute atomic E-state index is 12.4. The monoisotopic (exact) mass is 242 g/mol. The molecule has 1 amide bonds. The minimum Gasteiger partial charge on any atom is -0.340 e. The molecule has 1 atom stereocenters. The Bertz CT molecular complexity index is 204. The third-order valence-corrected chi connectivity index (χ3v) is 3.26. The summed E-state index contributed by atoms with van der Waals surface area (Å²) in [5.74, 6) is 0.527. The molecule has 3 heteroatoms. The molecule has 0 aromatic carbocycles. The molecule has 0 rings (SSSR count). The number of rotatable bonds is 9. The lowest BCUT2D eigenvalue weighted by atomic mass is 9.97. The molecule has 0 aliphatic heterocycles. The molecular formula is C14H30N2O. The SMILES string of the molecule is CCCCC(CC)C(=O)N(CCCN)C(C)C. The van der Waals surface area contributed by atoms with Gasteiger partial charge in [-0.05, 0) is 39.7 Å². The third kappa shape index (κ3) is 6.06. The van der Waals surface area contributed by atoms with Gasteiger partial charge in [0.1, 0.15) is 0 Å². The second kappa shape index (κ2) is 9.46. The van der Waals surface area contributed by atoms with E-state index < -0.39 is 0 Å². The summed E-state index contributed by atoms with van der Waals surface area (Å²) in [7, 11) is 0. The van der Waals surface area contributed by atoms with Crippen molar-refractivity contribution in [2.24, 2.45) is 11.7 Å². The summed E-state index contributed by atoms with van der Waals surface area (Å²) in [6, 6.07) is 0.282. The number of unbranched alkanes of at least 4 members (excludes halogenated alkanes) is 1. The Morgan fingerprint density at radius 3 is 2.29 bits per heavy atom. The molecule has 1 unspecified atom stereocenters. The van der Waals surface area contributed by atoms with Crippen LogP contribution in [-0.4, -0.2) is 29.9 Å². The first-order valence-corrected chi connectivity index (χ1v) is 7.08. The van der Waals surface area contributed by atoms with Crippen molar-refractivity contribution < 1.29 is 4.79 Å². The summed E-state index contributed by atoms with van der Waals surface area (Å²) < 4.78 is 0. The van der Waals surface area contributed by atoms with Crippen LogP contribution in [0.2, 0.25) is 0 Å². The normalized spacial score (nSPS) is 12.8. The number of carbonyl (C=O) groups is 1. The zero-order valence-corrected chi connectivity index (χ0v) is 12.0. The van der Waals surface area contributed by atoms with Crippen LogP contribution in [0, 0.1) is 5.92 Å². The predicted molar refractivity (Wildman–Crippen MR) is 73.8 cm³/mol. The topological polar surface area (TPSA) is 46.3 Å². The lowest BCUT2D eigenvalue weighted by molar-refractivity contribution is -0.137. The maximum atomic E-state index is 12.4. The summed E-state index contributed by atoms with van der Waals surface area (Å²) in [6.07, 6.45) is 5.18. The predicted octanol–water partition coefficient (Wildman–Crippen LogP) is 2.79. The minimum atomic E-state index is 0.204. The van der Waals surface area contributed by atoms with E-state index in [0.717, 1.165) is 38.6 Å². The van der Waals surface area contributed by atoms with Gasteiger partial charge in [-0.3, -0.25) is 4.79 Å². The average molecular weight is 242 g/mol. The second-order valence-electron chi connectivity index (χ2n) is 5.02. The van der Waals surface area contributed by atoms with E-state index >= 15 is 0 Å². The van der Waals surface area contributed by atoms with Gasteiger partial charge >= 0.3 is 0 Å². The second-order valence-corrected chi connectivity index (χ2v) is 5.02. The van der Waals surface area contributed by atoms with Gasteiger partial charge in [-0.25, -0.2) is 0 Å². The number of nitrogens with two attached hydrogens (primary N) is 1. The highest BCUT2D eigenvalue weighted by Crippen LogP contribution is 2.17. The first kappa shape index (κ1) is 16.4. The Hall–Kier alpha value is -0.570. The Morgan fingerprint density at radius 1 is 1.24 bits per heavy atom. The fraction of sp³-hybridized carbons (Fsp3) is 0.929. The van der Waals surface area contributed by atoms with Gasteiger partial charge in [0.15, 0.2) is 0 Å². The molecule has 17 heavy (non-hydrogen) atoms. The van der Waals surface area contributed by atoms with Gasteiger partial charge in [-0.1, -0.05) is 26.7 Å². The van der Waals surface area contributed by atoms with Gasteiger partial charge in [0, 0.05) is 18.5 Å². The molecule has 102 valence electrons.